The fourth-order valence-corrected chi connectivity index (χ4v) is 3.95. The summed E-state index contributed by atoms with van der Waals surface area (Å²) in [4.78, 5) is 32.3. The summed E-state index contributed by atoms with van der Waals surface area (Å²) in [6.07, 6.45) is -3.63. The van der Waals surface area contributed by atoms with Gasteiger partial charge in [0.25, 0.3) is 0 Å². The van der Waals surface area contributed by atoms with E-state index in [1.807, 2.05) is 0 Å². The number of likely N-dealkylation sites (N-methyl/N-ethyl adjacent to an activating group) is 1. The van der Waals surface area contributed by atoms with Crippen molar-refractivity contribution in [3.63, 3.8) is 0 Å². The summed E-state index contributed by atoms with van der Waals surface area (Å²) in [6.45, 7) is 0. The van der Waals surface area contributed by atoms with E-state index in [9.17, 15) is 19.6 Å². The van der Waals surface area contributed by atoms with Crippen molar-refractivity contribution in [2.24, 2.45) is 0 Å². The standard InChI is InChI=1S/C12H16NO5PS/c1-13(10(12(16)17)7-8-11(14)15)19(18,20)9-5-3-2-4-6-9/h2-6,10H,7-8H2,1H3,(H,14,15)(H,16,17)(H,18,20)/t10-,19?/m0/s1. The van der Waals surface area contributed by atoms with Crippen LogP contribution in [0, 0.1) is 0 Å². The molecule has 0 fully saturated rings. The summed E-state index contributed by atoms with van der Waals surface area (Å²) < 4.78 is 1.20. The van der Waals surface area contributed by atoms with E-state index in [-0.39, 0.29) is 12.8 Å². The minimum absolute atomic E-state index is 0.118. The predicted octanol–water partition coefficient (Wildman–Crippen LogP) is 0.863. The number of nitrogens with zero attached hydrogens (tertiary/aromatic N) is 1. The first-order valence-electron chi connectivity index (χ1n) is 5.83. The molecule has 3 N–H and O–H groups in total. The highest BCUT2D eigenvalue weighted by atomic mass is 32.4. The van der Waals surface area contributed by atoms with E-state index in [4.69, 9.17) is 16.9 Å². The van der Waals surface area contributed by atoms with Gasteiger partial charge in [0.2, 0.25) is 0 Å². The fraction of sp³-hybridized carbons (Fsp3) is 0.333. The largest absolute Gasteiger partial charge is 0.481 e. The van der Waals surface area contributed by atoms with Crippen LogP contribution in [-0.4, -0.2) is 44.8 Å². The zero-order chi connectivity index (χ0) is 15.3. The molecule has 0 aliphatic rings. The van der Waals surface area contributed by atoms with Crippen LogP contribution in [0.15, 0.2) is 30.3 Å². The van der Waals surface area contributed by atoms with Crippen molar-refractivity contribution in [2.75, 3.05) is 7.05 Å². The van der Waals surface area contributed by atoms with E-state index >= 15 is 0 Å². The predicted molar refractivity (Wildman–Crippen MR) is 78.6 cm³/mol. The first-order chi connectivity index (χ1) is 9.26. The van der Waals surface area contributed by atoms with Gasteiger partial charge < -0.3 is 15.1 Å². The number of carboxylic acid groups (broad SMARTS) is 2. The lowest BCUT2D eigenvalue weighted by Gasteiger charge is -2.31. The molecule has 1 rings (SSSR count). The van der Waals surface area contributed by atoms with Gasteiger partial charge in [0, 0.05) is 11.7 Å². The molecule has 1 unspecified atom stereocenters. The second-order valence-corrected chi connectivity index (χ2v) is 8.00. The zero-order valence-corrected chi connectivity index (χ0v) is 12.6. The molecule has 0 saturated heterocycles. The monoisotopic (exact) mass is 317 g/mol. The van der Waals surface area contributed by atoms with Gasteiger partial charge in [-0.25, -0.2) is 4.67 Å². The van der Waals surface area contributed by atoms with E-state index in [0.717, 1.165) is 0 Å². The highest BCUT2D eigenvalue weighted by Crippen LogP contribution is 2.45. The summed E-state index contributed by atoms with van der Waals surface area (Å²) >= 11 is 5.19. The molecule has 0 bridgehead atoms. The SMILES string of the molecule is CN([C@@H](CCC(=O)O)C(=O)O)P(O)(=S)c1ccccc1. The van der Waals surface area contributed by atoms with E-state index in [1.54, 1.807) is 30.3 Å². The normalized spacial score (nSPS) is 15.6. The number of rotatable bonds is 7. The average molecular weight is 317 g/mol. The molecule has 0 amide bonds. The maximum Gasteiger partial charge on any atom is 0.321 e. The number of carbonyl (C=O) groups is 2. The topological polar surface area (TPSA) is 98.1 Å². The second-order valence-electron chi connectivity index (χ2n) is 4.24. The van der Waals surface area contributed by atoms with Crippen molar-refractivity contribution in [2.45, 2.75) is 18.9 Å². The lowest BCUT2D eigenvalue weighted by molar-refractivity contribution is -0.142. The summed E-state index contributed by atoms with van der Waals surface area (Å²) in [5.74, 6) is -2.29. The van der Waals surface area contributed by atoms with Crippen LogP contribution in [0.25, 0.3) is 0 Å². The smallest absolute Gasteiger partial charge is 0.321 e. The molecule has 0 saturated carbocycles. The Balaban J connectivity index is 2.99. The first kappa shape index (κ1) is 16.8. The van der Waals surface area contributed by atoms with Crippen molar-refractivity contribution in [1.82, 2.24) is 4.67 Å². The van der Waals surface area contributed by atoms with Crippen LogP contribution < -0.4 is 5.30 Å². The lowest BCUT2D eigenvalue weighted by atomic mass is 10.1. The quantitative estimate of drug-likeness (QED) is 0.642. The van der Waals surface area contributed by atoms with Gasteiger partial charge in [0.1, 0.15) is 6.04 Å². The van der Waals surface area contributed by atoms with Gasteiger partial charge >= 0.3 is 11.9 Å². The Morgan fingerprint density at radius 2 is 1.85 bits per heavy atom. The van der Waals surface area contributed by atoms with E-state index < -0.39 is 24.4 Å². The first-order valence-corrected chi connectivity index (χ1v) is 8.54. The summed E-state index contributed by atoms with van der Waals surface area (Å²) in [5, 5.41) is 18.3. The van der Waals surface area contributed by atoms with Gasteiger partial charge in [-0.2, -0.15) is 0 Å². The highest BCUT2D eigenvalue weighted by Gasteiger charge is 2.33. The van der Waals surface area contributed by atoms with Crippen LogP contribution in [0.1, 0.15) is 12.8 Å². The summed E-state index contributed by atoms with van der Waals surface area (Å²) in [6, 6.07) is 7.29. The minimum Gasteiger partial charge on any atom is -0.481 e. The van der Waals surface area contributed by atoms with Crippen molar-refractivity contribution in [3.8, 4) is 0 Å². The van der Waals surface area contributed by atoms with E-state index in [0.29, 0.717) is 5.30 Å². The average Bonchev–Trinajstić information content (AvgIpc) is 2.39. The molecule has 6 nitrogen and oxygen atoms in total. The van der Waals surface area contributed by atoms with Crippen LogP contribution in [0.4, 0.5) is 0 Å². The number of hydrogen-bond acceptors (Lipinski definition) is 3. The highest BCUT2D eigenvalue weighted by molar-refractivity contribution is 8.14. The number of benzene rings is 1. The lowest BCUT2D eigenvalue weighted by Crippen LogP contribution is -2.38. The van der Waals surface area contributed by atoms with Gasteiger partial charge in [-0.05, 0) is 25.3 Å². The molecule has 0 aliphatic carbocycles. The Kier molecular flexibility index (Phi) is 5.83. The molecule has 1 aromatic carbocycles. The number of carboxylic acids is 2. The van der Waals surface area contributed by atoms with Gasteiger partial charge in [-0.3, -0.25) is 9.59 Å². The third-order valence-corrected chi connectivity index (χ3v) is 6.40. The zero-order valence-electron chi connectivity index (χ0n) is 10.8. The number of hydrogen-bond donors (Lipinski definition) is 3. The van der Waals surface area contributed by atoms with E-state index in [1.165, 1.54) is 11.7 Å². The van der Waals surface area contributed by atoms with Crippen molar-refractivity contribution in [3.05, 3.63) is 30.3 Å². The van der Waals surface area contributed by atoms with Gasteiger partial charge in [0.05, 0.1) is 0 Å². The van der Waals surface area contributed by atoms with Crippen LogP contribution >= 0.6 is 6.42 Å². The Morgan fingerprint density at radius 1 is 1.30 bits per heavy atom. The molecule has 8 heteroatoms. The number of aliphatic carboxylic acids is 2. The summed E-state index contributed by atoms with van der Waals surface area (Å²) in [7, 11) is 1.41. The van der Waals surface area contributed by atoms with Crippen molar-refractivity contribution in [1.29, 1.82) is 0 Å². The van der Waals surface area contributed by atoms with Crippen LogP contribution in [-0.2, 0) is 21.4 Å². The molecule has 20 heavy (non-hydrogen) atoms. The van der Waals surface area contributed by atoms with Gasteiger partial charge in [0.15, 0.2) is 6.42 Å². The maximum atomic E-state index is 11.3. The molecular weight excluding hydrogens is 301 g/mol. The second kappa shape index (κ2) is 6.95. The molecule has 1 aromatic rings. The van der Waals surface area contributed by atoms with E-state index in [2.05, 4.69) is 0 Å². The maximum absolute atomic E-state index is 11.3. The Labute approximate surface area is 121 Å². The third-order valence-electron chi connectivity index (χ3n) is 2.89. The Bertz CT molecular complexity index is 536. The van der Waals surface area contributed by atoms with Gasteiger partial charge in [-0.15, -0.1) is 0 Å². The molecule has 0 radical (unpaired) electrons. The summed E-state index contributed by atoms with van der Waals surface area (Å²) in [5.41, 5.74) is 0. The minimum atomic E-state index is -3.21. The third kappa shape index (κ3) is 4.11. The van der Waals surface area contributed by atoms with Gasteiger partial charge in [-0.1, -0.05) is 30.3 Å². The van der Waals surface area contributed by atoms with Crippen molar-refractivity contribution >= 4 is 35.5 Å². The molecule has 0 spiro atoms. The molecule has 0 aromatic heterocycles. The molecular formula is C12H16NO5PS. The Hall–Kier alpha value is -1.27. The Morgan fingerprint density at radius 3 is 2.30 bits per heavy atom. The molecule has 110 valence electrons. The fourth-order valence-electron chi connectivity index (χ4n) is 1.72. The molecule has 0 heterocycles. The van der Waals surface area contributed by atoms with Crippen LogP contribution in [0.2, 0.25) is 0 Å². The van der Waals surface area contributed by atoms with Crippen molar-refractivity contribution < 1.29 is 24.7 Å². The van der Waals surface area contributed by atoms with Crippen LogP contribution in [0.3, 0.4) is 0 Å². The molecule has 2 atom stereocenters. The van der Waals surface area contributed by atoms with Crippen LogP contribution in [0.5, 0.6) is 0 Å². The molecule has 0 aliphatic heterocycles.